The highest BCUT2D eigenvalue weighted by atomic mass is 32.1. The fourth-order valence-electron chi connectivity index (χ4n) is 3.50. The molecule has 156 valence electrons. The molecule has 0 N–H and O–H groups in total. The van der Waals surface area contributed by atoms with Crippen molar-refractivity contribution in [2.24, 2.45) is 5.10 Å². The Morgan fingerprint density at radius 2 is 1.90 bits per heavy atom. The molecule has 5 rings (SSSR count). The number of hydrogen-bond donors (Lipinski definition) is 0. The largest absolute Gasteiger partial charge is 0.271 e. The summed E-state index contributed by atoms with van der Waals surface area (Å²) in [5.74, 6) is -0.251. The Morgan fingerprint density at radius 3 is 2.61 bits per heavy atom. The molecule has 1 atom stereocenters. The average Bonchev–Trinajstić information content (AvgIpc) is 3.54. The highest BCUT2D eigenvalue weighted by Crippen LogP contribution is 2.36. The molecule has 1 unspecified atom stereocenters. The summed E-state index contributed by atoms with van der Waals surface area (Å²) in [6.45, 7) is 1.87. The molecule has 4 aromatic heterocycles. The van der Waals surface area contributed by atoms with E-state index >= 15 is 0 Å². The molecule has 1 aliphatic heterocycles. The van der Waals surface area contributed by atoms with Gasteiger partial charge < -0.3 is 0 Å². The van der Waals surface area contributed by atoms with E-state index in [0.717, 1.165) is 25.2 Å². The van der Waals surface area contributed by atoms with Gasteiger partial charge in [-0.05, 0) is 48.0 Å². The molecule has 1 amide bonds. The molecule has 0 radical (unpaired) electrons. The molecule has 0 saturated carbocycles. The van der Waals surface area contributed by atoms with Gasteiger partial charge in [-0.1, -0.05) is 12.1 Å². The van der Waals surface area contributed by atoms with Gasteiger partial charge in [0.05, 0.1) is 21.5 Å². The summed E-state index contributed by atoms with van der Waals surface area (Å²) < 4.78 is 1.23. The van der Waals surface area contributed by atoms with Crippen LogP contribution >= 0.6 is 34.0 Å². The highest BCUT2D eigenvalue weighted by Gasteiger charge is 2.34. The molecular formula is C22H18N4O2S3. The number of carbonyl (C=O) groups is 1. The number of carbonyl (C=O) groups excluding carboxylic acids is 1. The standard InChI is InChI=1S/C22H18N4O2S3/c1-14-6-8-19(31-14)15-7-9-21(27)25(23-15)13-22(28)26-17(20-5-3-11-30-20)12-16(24-26)18-4-2-10-29-18/h2-11,17H,12-13H2,1H3. The van der Waals surface area contributed by atoms with Gasteiger partial charge in [-0.3, -0.25) is 9.59 Å². The number of aryl methyl sites for hydroxylation is 1. The molecule has 5 heterocycles. The normalized spacial score (nSPS) is 16.0. The Balaban J connectivity index is 1.45. The topological polar surface area (TPSA) is 67.6 Å². The molecule has 0 bridgehead atoms. The number of aromatic nitrogens is 2. The van der Waals surface area contributed by atoms with Crippen molar-refractivity contribution in [3.05, 3.63) is 84.3 Å². The summed E-state index contributed by atoms with van der Waals surface area (Å²) in [4.78, 5) is 30.0. The second-order valence-corrected chi connectivity index (χ2v) is 10.3. The zero-order chi connectivity index (χ0) is 21.4. The van der Waals surface area contributed by atoms with Crippen molar-refractivity contribution in [3.63, 3.8) is 0 Å². The van der Waals surface area contributed by atoms with Crippen LogP contribution in [0.5, 0.6) is 0 Å². The van der Waals surface area contributed by atoms with Crippen molar-refractivity contribution in [3.8, 4) is 10.6 Å². The number of thiophene rings is 3. The van der Waals surface area contributed by atoms with Gasteiger partial charge in [-0.15, -0.1) is 34.0 Å². The molecule has 0 saturated heterocycles. The molecule has 0 fully saturated rings. The van der Waals surface area contributed by atoms with Crippen LogP contribution in [0, 0.1) is 6.92 Å². The third kappa shape index (κ3) is 4.04. The van der Waals surface area contributed by atoms with Crippen LogP contribution in [-0.4, -0.2) is 26.4 Å². The SMILES string of the molecule is Cc1ccc(-c2ccc(=O)n(CC(=O)N3N=C(c4cccs4)CC3c3cccs3)n2)s1. The molecular weight excluding hydrogens is 448 g/mol. The van der Waals surface area contributed by atoms with Gasteiger partial charge in [-0.25, -0.2) is 9.69 Å². The minimum absolute atomic E-state index is 0.153. The minimum atomic E-state index is -0.306. The van der Waals surface area contributed by atoms with Crippen LogP contribution in [-0.2, 0) is 11.3 Å². The summed E-state index contributed by atoms with van der Waals surface area (Å²) in [7, 11) is 0. The fourth-order valence-corrected chi connectivity index (χ4v) is 5.87. The van der Waals surface area contributed by atoms with E-state index in [1.54, 1.807) is 40.1 Å². The van der Waals surface area contributed by atoms with Crippen LogP contribution in [0.3, 0.4) is 0 Å². The Kier molecular flexibility index (Phi) is 5.39. The monoisotopic (exact) mass is 466 g/mol. The lowest BCUT2D eigenvalue weighted by molar-refractivity contribution is -0.133. The lowest BCUT2D eigenvalue weighted by atomic mass is 10.1. The Bertz CT molecular complexity index is 1300. The maximum absolute atomic E-state index is 13.3. The fraction of sp³-hybridized carbons (Fsp3) is 0.182. The van der Waals surface area contributed by atoms with Crippen molar-refractivity contribution in [2.75, 3.05) is 0 Å². The first-order valence-corrected chi connectivity index (χ1v) is 12.3. The second kappa shape index (κ2) is 8.33. The van der Waals surface area contributed by atoms with Gasteiger partial charge in [0.1, 0.15) is 12.2 Å². The van der Waals surface area contributed by atoms with Gasteiger partial charge >= 0.3 is 0 Å². The maximum atomic E-state index is 13.3. The van der Waals surface area contributed by atoms with E-state index < -0.39 is 0 Å². The summed E-state index contributed by atoms with van der Waals surface area (Å²) in [5.41, 5.74) is 1.27. The predicted molar refractivity (Wildman–Crippen MR) is 126 cm³/mol. The first-order chi connectivity index (χ1) is 15.1. The zero-order valence-corrected chi connectivity index (χ0v) is 19.0. The van der Waals surface area contributed by atoms with E-state index in [1.165, 1.54) is 15.8 Å². The van der Waals surface area contributed by atoms with Gasteiger partial charge in [-0.2, -0.15) is 10.2 Å². The van der Waals surface area contributed by atoms with Gasteiger partial charge in [0.25, 0.3) is 11.5 Å². The van der Waals surface area contributed by atoms with E-state index in [4.69, 9.17) is 0 Å². The molecule has 1 aliphatic rings. The second-order valence-electron chi connectivity index (χ2n) is 7.12. The smallest absolute Gasteiger partial charge is 0.267 e. The van der Waals surface area contributed by atoms with Crippen LogP contribution in [0.2, 0.25) is 0 Å². The van der Waals surface area contributed by atoms with Crippen molar-refractivity contribution < 1.29 is 4.79 Å². The third-order valence-corrected chi connectivity index (χ3v) is 7.90. The van der Waals surface area contributed by atoms with Gasteiger partial charge in [0.15, 0.2) is 0 Å². The van der Waals surface area contributed by atoms with Crippen LogP contribution in [0.1, 0.15) is 27.1 Å². The van der Waals surface area contributed by atoms with E-state index in [-0.39, 0.29) is 24.1 Å². The first kappa shape index (κ1) is 20.0. The van der Waals surface area contributed by atoms with Crippen molar-refractivity contribution >= 4 is 45.6 Å². The molecule has 9 heteroatoms. The highest BCUT2D eigenvalue weighted by molar-refractivity contribution is 7.15. The summed E-state index contributed by atoms with van der Waals surface area (Å²) in [6, 6.07) is 15.0. The van der Waals surface area contributed by atoms with Crippen molar-refractivity contribution in [1.29, 1.82) is 0 Å². The van der Waals surface area contributed by atoms with Gasteiger partial charge in [0, 0.05) is 22.2 Å². The average molecular weight is 467 g/mol. The zero-order valence-electron chi connectivity index (χ0n) is 16.6. The van der Waals surface area contributed by atoms with Crippen molar-refractivity contribution in [1.82, 2.24) is 14.8 Å². The lowest BCUT2D eigenvalue weighted by Gasteiger charge is -2.20. The van der Waals surface area contributed by atoms with Crippen LogP contribution in [0.25, 0.3) is 10.6 Å². The molecule has 0 spiro atoms. The first-order valence-electron chi connectivity index (χ1n) is 9.70. The maximum Gasteiger partial charge on any atom is 0.267 e. The third-order valence-electron chi connectivity index (χ3n) is 4.99. The lowest BCUT2D eigenvalue weighted by Crippen LogP contribution is -2.34. The summed E-state index contributed by atoms with van der Waals surface area (Å²) in [5, 5.41) is 14.6. The summed E-state index contributed by atoms with van der Waals surface area (Å²) in [6.07, 6.45) is 0.656. The molecule has 0 aromatic carbocycles. The number of amides is 1. The van der Waals surface area contributed by atoms with E-state index in [0.29, 0.717) is 12.1 Å². The Labute approximate surface area is 190 Å². The van der Waals surface area contributed by atoms with Crippen LogP contribution in [0.15, 0.2) is 69.2 Å². The molecule has 0 aliphatic carbocycles. The Morgan fingerprint density at radius 1 is 1.06 bits per heavy atom. The van der Waals surface area contributed by atoms with E-state index in [9.17, 15) is 9.59 Å². The molecule has 31 heavy (non-hydrogen) atoms. The minimum Gasteiger partial charge on any atom is -0.271 e. The number of hydrazone groups is 1. The van der Waals surface area contributed by atoms with Crippen molar-refractivity contribution in [2.45, 2.75) is 25.9 Å². The number of nitrogens with zero attached hydrogens (tertiary/aromatic N) is 4. The quantitative estimate of drug-likeness (QED) is 0.425. The van der Waals surface area contributed by atoms with Crippen LogP contribution < -0.4 is 5.56 Å². The Hall–Kier alpha value is -2.88. The summed E-state index contributed by atoms with van der Waals surface area (Å²) >= 11 is 4.82. The van der Waals surface area contributed by atoms with Gasteiger partial charge in [0.2, 0.25) is 0 Å². The van der Waals surface area contributed by atoms with E-state index in [2.05, 4.69) is 10.2 Å². The van der Waals surface area contributed by atoms with E-state index in [1.807, 2.05) is 54.1 Å². The number of rotatable bonds is 5. The number of hydrogen-bond acceptors (Lipinski definition) is 7. The van der Waals surface area contributed by atoms with Crippen LogP contribution in [0.4, 0.5) is 0 Å². The molecule has 4 aromatic rings. The predicted octanol–water partition coefficient (Wildman–Crippen LogP) is 4.78. The molecule has 6 nitrogen and oxygen atoms in total.